The summed E-state index contributed by atoms with van der Waals surface area (Å²) in [5.74, 6) is 3.04. The summed E-state index contributed by atoms with van der Waals surface area (Å²) in [6.07, 6.45) is 1.17. The summed E-state index contributed by atoms with van der Waals surface area (Å²) < 4.78 is 11.1. The summed E-state index contributed by atoms with van der Waals surface area (Å²) in [6, 6.07) is 8.75. The van der Waals surface area contributed by atoms with Crippen molar-refractivity contribution in [3.63, 3.8) is 0 Å². The Bertz CT molecular complexity index is 697. The predicted molar refractivity (Wildman–Crippen MR) is 144 cm³/mol. The molecule has 7 nitrogen and oxygen atoms in total. The summed E-state index contributed by atoms with van der Waals surface area (Å²) in [7, 11) is 1.74. The average molecular weight is 560 g/mol. The maximum absolute atomic E-state index is 5.55. The van der Waals surface area contributed by atoms with Crippen molar-refractivity contribution in [1.29, 1.82) is 0 Å². The lowest BCUT2D eigenvalue weighted by molar-refractivity contribution is 0.00867. The Labute approximate surface area is 211 Å². The number of hydrogen-bond donors (Lipinski definition) is 2. The number of nitrogens with one attached hydrogen (secondary N) is 2. The molecular weight excluding hydrogens is 517 g/mol. The van der Waals surface area contributed by atoms with Crippen molar-refractivity contribution >= 4 is 35.6 Å². The smallest absolute Gasteiger partial charge is 0.191 e. The Balaban J connectivity index is 0.00000363. The van der Waals surface area contributed by atoms with Gasteiger partial charge < -0.3 is 25.0 Å². The van der Waals surface area contributed by atoms with Gasteiger partial charge in [-0.05, 0) is 37.3 Å². The van der Waals surface area contributed by atoms with Crippen molar-refractivity contribution < 1.29 is 9.47 Å². The first-order valence-electron chi connectivity index (χ1n) is 11.8. The molecule has 32 heavy (non-hydrogen) atoms. The van der Waals surface area contributed by atoms with Gasteiger partial charge in [0.05, 0.1) is 32.6 Å². The second kappa shape index (κ2) is 14.1. The van der Waals surface area contributed by atoms with Crippen LogP contribution in [0.15, 0.2) is 29.3 Å². The van der Waals surface area contributed by atoms with E-state index in [9.17, 15) is 0 Å². The third kappa shape index (κ3) is 7.66. The van der Waals surface area contributed by atoms with Crippen molar-refractivity contribution in [2.24, 2.45) is 16.8 Å². The van der Waals surface area contributed by atoms with Gasteiger partial charge in [-0.2, -0.15) is 0 Å². The van der Waals surface area contributed by atoms with Crippen molar-refractivity contribution in [3.05, 3.63) is 24.3 Å². The van der Waals surface area contributed by atoms with E-state index in [1.807, 2.05) is 12.1 Å². The molecule has 3 rings (SSSR count). The molecule has 1 aromatic carbocycles. The number of benzene rings is 1. The fourth-order valence-electron chi connectivity index (χ4n) is 4.53. The van der Waals surface area contributed by atoms with Gasteiger partial charge in [0, 0.05) is 45.3 Å². The van der Waals surface area contributed by atoms with Gasteiger partial charge in [-0.25, -0.2) is 0 Å². The normalized spacial score (nSPS) is 20.7. The molecule has 2 fully saturated rings. The van der Waals surface area contributed by atoms with Crippen LogP contribution < -0.4 is 20.3 Å². The minimum Gasteiger partial charge on any atom is -0.495 e. The molecule has 0 saturated carbocycles. The van der Waals surface area contributed by atoms with Crippen molar-refractivity contribution in [3.8, 4) is 5.75 Å². The van der Waals surface area contributed by atoms with Crippen LogP contribution in [-0.2, 0) is 4.74 Å². The van der Waals surface area contributed by atoms with Gasteiger partial charge in [-0.1, -0.05) is 26.0 Å². The average Bonchev–Trinajstić information content (AvgIpc) is 3.27. The number of nitrogens with zero attached hydrogens (tertiary/aromatic N) is 3. The number of morpholine rings is 1. The molecule has 0 bridgehead atoms. The summed E-state index contributed by atoms with van der Waals surface area (Å²) in [5.41, 5.74) is 1.19. The Morgan fingerprint density at radius 2 is 1.94 bits per heavy atom. The van der Waals surface area contributed by atoms with E-state index in [2.05, 4.69) is 53.3 Å². The van der Waals surface area contributed by atoms with Gasteiger partial charge >= 0.3 is 0 Å². The van der Waals surface area contributed by atoms with Gasteiger partial charge in [-0.15, -0.1) is 24.0 Å². The Hall–Kier alpha value is -1.26. The van der Waals surface area contributed by atoms with Crippen LogP contribution >= 0.6 is 24.0 Å². The number of halogens is 1. The zero-order valence-corrected chi connectivity index (χ0v) is 22.5. The highest BCUT2D eigenvalue weighted by Crippen LogP contribution is 2.31. The number of para-hydroxylation sites is 2. The van der Waals surface area contributed by atoms with Crippen LogP contribution in [0.1, 0.15) is 27.2 Å². The first kappa shape index (κ1) is 27.0. The Morgan fingerprint density at radius 3 is 2.62 bits per heavy atom. The molecule has 0 aliphatic carbocycles. The lowest BCUT2D eigenvalue weighted by Crippen LogP contribution is -2.48. The quantitative estimate of drug-likeness (QED) is 0.276. The SMILES string of the molecule is CCNC(=NCC(C(C)C)N1CCOCC1)NCC1CCN(c2ccccc2OC)C1.I. The molecule has 2 unspecified atom stereocenters. The number of methoxy groups -OCH3 is 1. The largest absolute Gasteiger partial charge is 0.495 e. The number of ether oxygens (including phenoxy) is 2. The summed E-state index contributed by atoms with van der Waals surface area (Å²) in [5, 5.41) is 7.03. The van der Waals surface area contributed by atoms with Crippen LogP contribution in [-0.4, -0.2) is 83.0 Å². The number of hydrogen-bond acceptors (Lipinski definition) is 5. The van der Waals surface area contributed by atoms with Crippen LogP contribution in [0.3, 0.4) is 0 Å². The van der Waals surface area contributed by atoms with E-state index in [4.69, 9.17) is 14.5 Å². The van der Waals surface area contributed by atoms with E-state index >= 15 is 0 Å². The fraction of sp³-hybridized carbons (Fsp3) is 0.708. The van der Waals surface area contributed by atoms with Gasteiger partial charge in [-0.3, -0.25) is 9.89 Å². The van der Waals surface area contributed by atoms with Crippen LogP contribution in [0.4, 0.5) is 5.69 Å². The van der Waals surface area contributed by atoms with E-state index in [1.165, 1.54) is 12.1 Å². The topological polar surface area (TPSA) is 61.4 Å². The van der Waals surface area contributed by atoms with Gasteiger partial charge in [0.15, 0.2) is 5.96 Å². The molecule has 1 aromatic rings. The Kier molecular flexibility index (Phi) is 11.9. The fourth-order valence-corrected chi connectivity index (χ4v) is 4.53. The third-order valence-corrected chi connectivity index (χ3v) is 6.33. The molecule has 182 valence electrons. The molecular formula is C24H42IN5O2. The van der Waals surface area contributed by atoms with E-state index in [1.54, 1.807) is 7.11 Å². The van der Waals surface area contributed by atoms with E-state index in [-0.39, 0.29) is 24.0 Å². The molecule has 2 aliphatic rings. The number of rotatable bonds is 9. The highest BCUT2D eigenvalue weighted by atomic mass is 127. The second-order valence-electron chi connectivity index (χ2n) is 8.83. The molecule has 2 atom stereocenters. The maximum atomic E-state index is 5.55. The zero-order chi connectivity index (χ0) is 22.1. The van der Waals surface area contributed by atoms with Gasteiger partial charge in [0.1, 0.15) is 5.75 Å². The lowest BCUT2D eigenvalue weighted by atomic mass is 10.0. The maximum Gasteiger partial charge on any atom is 0.191 e. The molecule has 8 heteroatoms. The summed E-state index contributed by atoms with van der Waals surface area (Å²) in [6.45, 7) is 15.1. The molecule has 2 saturated heterocycles. The molecule has 2 aliphatic heterocycles. The van der Waals surface area contributed by atoms with E-state index in [0.717, 1.165) is 70.7 Å². The first-order valence-corrected chi connectivity index (χ1v) is 11.8. The molecule has 0 amide bonds. The van der Waals surface area contributed by atoms with E-state index in [0.29, 0.717) is 17.9 Å². The molecule has 2 heterocycles. The second-order valence-corrected chi connectivity index (χ2v) is 8.83. The van der Waals surface area contributed by atoms with Crippen LogP contribution in [0.5, 0.6) is 5.75 Å². The standard InChI is InChI=1S/C24H41N5O2.HI/c1-5-25-24(27-17-22(19(2)3)28-12-14-31-15-13-28)26-16-20-10-11-29(18-20)21-8-6-7-9-23(21)30-4;/h6-9,19-20,22H,5,10-18H2,1-4H3,(H2,25,26,27);1H. The van der Waals surface area contributed by atoms with Crippen molar-refractivity contribution in [1.82, 2.24) is 15.5 Å². The number of guanidine groups is 1. The highest BCUT2D eigenvalue weighted by molar-refractivity contribution is 14.0. The van der Waals surface area contributed by atoms with Crippen LogP contribution in [0, 0.1) is 11.8 Å². The van der Waals surface area contributed by atoms with E-state index < -0.39 is 0 Å². The van der Waals surface area contributed by atoms with Gasteiger partial charge in [0.25, 0.3) is 0 Å². The molecule has 0 aromatic heterocycles. The lowest BCUT2D eigenvalue weighted by Gasteiger charge is -2.36. The van der Waals surface area contributed by atoms with Crippen molar-refractivity contribution in [2.75, 3.05) is 71.0 Å². The minimum absolute atomic E-state index is 0. The minimum atomic E-state index is 0. The zero-order valence-electron chi connectivity index (χ0n) is 20.2. The third-order valence-electron chi connectivity index (χ3n) is 6.33. The first-order chi connectivity index (χ1) is 15.1. The monoisotopic (exact) mass is 559 g/mol. The van der Waals surface area contributed by atoms with Crippen LogP contribution in [0.25, 0.3) is 0 Å². The predicted octanol–water partition coefficient (Wildman–Crippen LogP) is 3.05. The van der Waals surface area contributed by atoms with Crippen molar-refractivity contribution in [2.45, 2.75) is 33.2 Å². The summed E-state index contributed by atoms with van der Waals surface area (Å²) in [4.78, 5) is 9.92. The number of anilines is 1. The molecule has 2 N–H and O–H groups in total. The van der Waals surface area contributed by atoms with Gasteiger partial charge in [0.2, 0.25) is 0 Å². The molecule has 0 radical (unpaired) electrons. The highest BCUT2D eigenvalue weighted by Gasteiger charge is 2.26. The summed E-state index contributed by atoms with van der Waals surface area (Å²) >= 11 is 0. The Morgan fingerprint density at radius 1 is 1.19 bits per heavy atom. The molecule has 0 spiro atoms. The number of aliphatic imine (C=N–C) groups is 1. The van der Waals surface area contributed by atoms with Crippen LogP contribution in [0.2, 0.25) is 0 Å².